The summed E-state index contributed by atoms with van der Waals surface area (Å²) >= 11 is 6.26. The van der Waals surface area contributed by atoms with Crippen molar-refractivity contribution < 1.29 is 0 Å². The topological polar surface area (TPSA) is 49.6 Å². The van der Waals surface area contributed by atoms with Gasteiger partial charge in [-0.1, -0.05) is 58.8 Å². The van der Waals surface area contributed by atoms with Crippen LogP contribution in [0.15, 0.2) is 66.7 Å². The lowest BCUT2D eigenvalue weighted by Crippen LogP contribution is -2.47. The second-order valence-corrected chi connectivity index (χ2v) is 9.34. The minimum Gasteiger partial charge on any atom is -0.368 e. The standard InChI is InChI=1S/C27H25ClN6/c1-18-10-11-23(19(2)16-18)32-12-14-33(15-13-32)26-22-8-3-4-9-24(22)34-27(29-26)25(30-31-34)20-6-5-7-21(28)17-20/h3-11,16-17H,12-15H2,1-2H3. The predicted molar refractivity (Wildman–Crippen MR) is 139 cm³/mol. The number of anilines is 2. The lowest BCUT2D eigenvalue weighted by atomic mass is 10.1. The van der Waals surface area contributed by atoms with Crippen molar-refractivity contribution in [2.24, 2.45) is 0 Å². The number of hydrogen-bond acceptors (Lipinski definition) is 5. The van der Waals surface area contributed by atoms with Crippen molar-refractivity contribution in [2.75, 3.05) is 36.0 Å². The first-order valence-electron chi connectivity index (χ1n) is 11.6. The zero-order valence-electron chi connectivity index (χ0n) is 19.2. The Balaban J connectivity index is 1.40. The molecule has 3 heterocycles. The molecule has 7 heteroatoms. The van der Waals surface area contributed by atoms with Crippen molar-refractivity contribution in [2.45, 2.75) is 13.8 Å². The van der Waals surface area contributed by atoms with Gasteiger partial charge in [0.25, 0.3) is 0 Å². The highest BCUT2D eigenvalue weighted by atomic mass is 35.5. The SMILES string of the molecule is Cc1ccc(N2CCN(c3nc4c(-c5cccc(Cl)c5)nnn4c4ccccc34)CC2)c(C)c1. The summed E-state index contributed by atoms with van der Waals surface area (Å²) in [4.78, 5) is 9.98. The van der Waals surface area contributed by atoms with Crippen molar-refractivity contribution in [1.29, 1.82) is 0 Å². The number of fused-ring (bicyclic) bond motifs is 3. The minimum absolute atomic E-state index is 0.669. The van der Waals surface area contributed by atoms with Gasteiger partial charge in [-0.25, -0.2) is 4.98 Å². The molecule has 1 aliphatic heterocycles. The Morgan fingerprint density at radius 2 is 1.62 bits per heavy atom. The Morgan fingerprint density at radius 1 is 0.824 bits per heavy atom. The monoisotopic (exact) mass is 468 g/mol. The van der Waals surface area contributed by atoms with Crippen LogP contribution in [0.25, 0.3) is 27.8 Å². The Labute approximate surface area is 203 Å². The van der Waals surface area contributed by atoms with Gasteiger partial charge >= 0.3 is 0 Å². The number of rotatable bonds is 3. The van der Waals surface area contributed by atoms with Crippen molar-refractivity contribution in [3.63, 3.8) is 0 Å². The molecule has 0 spiro atoms. The number of halogens is 1. The van der Waals surface area contributed by atoms with Gasteiger partial charge in [0.15, 0.2) is 5.65 Å². The summed E-state index contributed by atoms with van der Waals surface area (Å²) < 4.78 is 1.83. The summed E-state index contributed by atoms with van der Waals surface area (Å²) in [6.07, 6.45) is 0. The van der Waals surface area contributed by atoms with Gasteiger partial charge in [-0.15, -0.1) is 5.10 Å². The van der Waals surface area contributed by atoms with Crippen molar-refractivity contribution in [3.8, 4) is 11.3 Å². The van der Waals surface area contributed by atoms with Gasteiger partial charge in [0.05, 0.1) is 5.52 Å². The van der Waals surface area contributed by atoms with Crippen molar-refractivity contribution in [1.82, 2.24) is 19.8 Å². The fourth-order valence-corrected chi connectivity index (χ4v) is 5.12. The molecule has 0 amide bonds. The van der Waals surface area contributed by atoms with Gasteiger partial charge < -0.3 is 9.80 Å². The summed E-state index contributed by atoms with van der Waals surface area (Å²) in [5, 5.41) is 10.7. The van der Waals surface area contributed by atoms with E-state index < -0.39 is 0 Å². The fourth-order valence-electron chi connectivity index (χ4n) is 4.93. The van der Waals surface area contributed by atoms with Crippen molar-refractivity contribution >= 4 is 39.7 Å². The van der Waals surface area contributed by atoms with E-state index in [1.807, 2.05) is 34.8 Å². The van der Waals surface area contributed by atoms with E-state index in [9.17, 15) is 0 Å². The second-order valence-electron chi connectivity index (χ2n) is 8.90. The average molecular weight is 469 g/mol. The first-order chi connectivity index (χ1) is 16.6. The quantitative estimate of drug-likeness (QED) is 0.348. The molecule has 0 N–H and O–H groups in total. The Kier molecular flexibility index (Phi) is 5.11. The third kappa shape index (κ3) is 3.55. The number of nitrogens with zero attached hydrogens (tertiary/aromatic N) is 6. The number of para-hydroxylation sites is 1. The molecule has 2 aromatic heterocycles. The highest BCUT2D eigenvalue weighted by molar-refractivity contribution is 6.30. The average Bonchev–Trinajstić information content (AvgIpc) is 3.28. The van der Waals surface area contributed by atoms with Gasteiger partial charge in [0.2, 0.25) is 0 Å². The molecule has 1 saturated heterocycles. The van der Waals surface area contributed by atoms with Gasteiger partial charge in [-0.3, -0.25) is 0 Å². The van der Waals surface area contributed by atoms with Crippen LogP contribution in [0.3, 0.4) is 0 Å². The third-order valence-electron chi connectivity index (χ3n) is 6.60. The zero-order chi connectivity index (χ0) is 23.2. The lowest BCUT2D eigenvalue weighted by Gasteiger charge is -2.37. The normalized spacial score (nSPS) is 14.3. The molecule has 0 radical (unpaired) electrons. The van der Waals surface area contributed by atoms with Crippen LogP contribution in [0.2, 0.25) is 5.02 Å². The molecule has 6 nitrogen and oxygen atoms in total. The van der Waals surface area contributed by atoms with Crippen LogP contribution in [0, 0.1) is 13.8 Å². The molecule has 1 fully saturated rings. The van der Waals surface area contributed by atoms with E-state index in [4.69, 9.17) is 16.6 Å². The highest BCUT2D eigenvalue weighted by Crippen LogP contribution is 2.32. The second kappa shape index (κ2) is 8.29. The maximum Gasteiger partial charge on any atom is 0.186 e. The molecule has 170 valence electrons. The Morgan fingerprint density at radius 3 is 2.41 bits per heavy atom. The van der Waals surface area contributed by atoms with Crippen LogP contribution in [0.4, 0.5) is 11.5 Å². The fraction of sp³-hybridized carbons (Fsp3) is 0.222. The third-order valence-corrected chi connectivity index (χ3v) is 6.84. The van der Waals surface area contributed by atoms with E-state index in [0.29, 0.717) is 5.02 Å². The largest absolute Gasteiger partial charge is 0.368 e. The van der Waals surface area contributed by atoms with Crippen LogP contribution in [-0.4, -0.2) is 46.0 Å². The molecule has 0 bridgehead atoms. The van der Waals surface area contributed by atoms with E-state index >= 15 is 0 Å². The van der Waals surface area contributed by atoms with Crippen LogP contribution in [0.5, 0.6) is 0 Å². The summed E-state index contributed by atoms with van der Waals surface area (Å²) in [5.41, 5.74) is 7.35. The molecule has 5 aromatic rings. The van der Waals surface area contributed by atoms with Gasteiger partial charge in [-0.2, -0.15) is 4.52 Å². The van der Waals surface area contributed by atoms with E-state index in [2.05, 4.69) is 70.4 Å². The molecule has 3 aromatic carbocycles. The van der Waals surface area contributed by atoms with Gasteiger partial charge in [0.1, 0.15) is 11.5 Å². The lowest BCUT2D eigenvalue weighted by molar-refractivity contribution is 0.648. The minimum atomic E-state index is 0.669. The number of benzene rings is 3. The highest BCUT2D eigenvalue weighted by Gasteiger charge is 2.23. The molecule has 6 rings (SSSR count). The Hall–Kier alpha value is -3.64. The maximum atomic E-state index is 6.26. The molecule has 0 aliphatic carbocycles. The van der Waals surface area contributed by atoms with Crippen molar-refractivity contribution in [3.05, 3.63) is 82.9 Å². The van der Waals surface area contributed by atoms with Gasteiger partial charge in [0, 0.05) is 47.8 Å². The number of aromatic nitrogens is 4. The molecule has 1 aliphatic rings. The summed E-state index contributed by atoms with van der Waals surface area (Å²) in [6, 6.07) is 22.7. The van der Waals surface area contributed by atoms with Crippen LogP contribution in [-0.2, 0) is 0 Å². The number of aryl methyl sites for hydroxylation is 2. The molecular formula is C27H25ClN6. The summed E-state index contributed by atoms with van der Waals surface area (Å²) in [7, 11) is 0. The smallest absolute Gasteiger partial charge is 0.186 e. The van der Waals surface area contributed by atoms with E-state index in [0.717, 1.165) is 59.8 Å². The van der Waals surface area contributed by atoms with Gasteiger partial charge in [-0.05, 0) is 49.7 Å². The number of piperazine rings is 1. The zero-order valence-corrected chi connectivity index (χ0v) is 20.0. The van der Waals surface area contributed by atoms with E-state index in [1.165, 1.54) is 16.8 Å². The molecule has 34 heavy (non-hydrogen) atoms. The molecular weight excluding hydrogens is 444 g/mol. The predicted octanol–water partition coefficient (Wildman–Crippen LogP) is 5.54. The number of hydrogen-bond donors (Lipinski definition) is 0. The summed E-state index contributed by atoms with van der Waals surface area (Å²) in [6.45, 7) is 8.03. The molecule has 0 atom stereocenters. The first kappa shape index (κ1) is 20.9. The first-order valence-corrected chi connectivity index (χ1v) is 11.9. The molecule has 0 saturated carbocycles. The van der Waals surface area contributed by atoms with Crippen LogP contribution >= 0.6 is 11.6 Å². The Bertz CT molecular complexity index is 1520. The van der Waals surface area contributed by atoms with E-state index in [-0.39, 0.29) is 0 Å². The summed E-state index contributed by atoms with van der Waals surface area (Å²) in [5.74, 6) is 0.981. The maximum absolute atomic E-state index is 6.26. The van der Waals surface area contributed by atoms with E-state index in [1.54, 1.807) is 0 Å². The molecule has 0 unspecified atom stereocenters. The van der Waals surface area contributed by atoms with Crippen LogP contribution in [0.1, 0.15) is 11.1 Å². The van der Waals surface area contributed by atoms with Crippen LogP contribution < -0.4 is 9.80 Å².